The Balaban J connectivity index is 3.11. The van der Waals surface area contributed by atoms with Crippen molar-refractivity contribution in [3.05, 3.63) is 33.9 Å². The number of aliphatic hydroxyl groups excluding tert-OH is 2. The highest BCUT2D eigenvalue weighted by Crippen LogP contribution is 2.22. The summed E-state index contributed by atoms with van der Waals surface area (Å²) in [7, 11) is 0. The van der Waals surface area contributed by atoms with Crippen LogP contribution >= 0.6 is 0 Å². The molecule has 8 nitrogen and oxygen atoms in total. The number of aliphatic hydroxyl groups is 3. The predicted molar refractivity (Wildman–Crippen MR) is 66.1 cm³/mol. The number of rotatable bonds is 5. The Bertz CT molecular complexity index is 502. The van der Waals surface area contributed by atoms with Gasteiger partial charge in [-0.3, -0.25) is 15.1 Å². The van der Waals surface area contributed by atoms with Gasteiger partial charge in [0, 0.05) is 23.9 Å². The maximum atomic E-state index is 10.6. The fourth-order valence-corrected chi connectivity index (χ4v) is 1.22. The van der Waals surface area contributed by atoms with Crippen molar-refractivity contribution >= 4 is 11.9 Å². The first-order chi connectivity index (χ1) is 8.80. The van der Waals surface area contributed by atoms with Crippen LogP contribution < -0.4 is 0 Å². The first kappa shape index (κ1) is 15.0. The Kier molecular flexibility index (Phi) is 4.54. The monoisotopic (exact) mass is 270 g/mol. The van der Waals surface area contributed by atoms with Crippen LogP contribution in [0.5, 0.6) is 5.75 Å². The summed E-state index contributed by atoms with van der Waals surface area (Å²) in [5.74, 6) is -0.278. The van der Waals surface area contributed by atoms with Gasteiger partial charge in [0.25, 0.3) is 5.69 Å². The molecular weight excluding hydrogens is 256 g/mol. The Morgan fingerprint density at radius 3 is 2.68 bits per heavy atom. The molecule has 1 rings (SSSR count). The number of phenolic OH excluding ortho intramolecular Hbond substituents is 1. The second-order valence-corrected chi connectivity index (χ2v) is 3.97. The fraction of sp³-hybridized carbons (Fsp3) is 0.364. The Labute approximate surface area is 108 Å². The number of benzene rings is 1. The van der Waals surface area contributed by atoms with Crippen LogP contribution in [-0.4, -0.2) is 50.0 Å². The minimum Gasteiger partial charge on any atom is -0.507 e. The van der Waals surface area contributed by atoms with Crippen LogP contribution in [0.1, 0.15) is 12.5 Å². The molecule has 8 heteroatoms. The molecule has 0 aromatic heterocycles. The third kappa shape index (κ3) is 3.47. The summed E-state index contributed by atoms with van der Waals surface area (Å²) in [5, 5.41) is 48.0. The van der Waals surface area contributed by atoms with Gasteiger partial charge in [0.1, 0.15) is 11.9 Å². The Morgan fingerprint density at radius 2 is 2.21 bits per heavy atom. The summed E-state index contributed by atoms with van der Waals surface area (Å²) < 4.78 is 0. The van der Waals surface area contributed by atoms with Gasteiger partial charge >= 0.3 is 0 Å². The number of hydrogen-bond donors (Lipinski definition) is 4. The highest BCUT2D eigenvalue weighted by Gasteiger charge is 2.30. The molecule has 1 aromatic rings. The van der Waals surface area contributed by atoms with E-state index in [1.54, 1.807) is 0 Å². The van der Waals surface area contributed by atoms with Gasteiger partial charge in [-0.2, -0.15) is 0 Å². The van der Waals surface area contributed by atoms with Crippen molar-refractivity contribution in [2.75, 3.05) is 6.61 Å². The van der Waals surface area contributed by atoms with E-state index < -0.39 is 23.4 Å². The zero-order chi connectivity index (χ0) is 14.6. The van der Waals surface area contributed by atoms with Crippen LogP contribution in [0.2, 0.25) is 0 Å². The van der Waals surface area contributed by atoms with E-state index in [2.05, 4.69) is 4.99 Å². The molecule has 0 radical (unpaired) electrons. The molecular formula is C11H14N2O6. The SMILES string of the molecule is CC(O)C(O)(CO)N=Cc1cc([N+](=O)[O-])ccc1O. The third-order valence-corrected chi connectivity index (χ3v) is 2.55. The largest absolute Gasteiger partial charge is 0.507 e. The maximum absolute atomic E-state index is 10.6. The zero-order valence-corrected chi connectivity index (χ0v) is 10.1. The van der Waals surface area contributed by atoms with Gasteiger partial charge in [-0.25, -0.2) is 0 Å². The number of aliphatic imine (C=N–C) groups is 1. The Morgan fingerprint density at radius 1 is 1.58 bits per heavy atom. The molecule has 4 N–H and O–H groups in total. The highest BCUT2D eigenvalue weighted by molar-refractivity contribution is 5.84. The summed E-state index contributed by atoms with van der Waals surface area (Å²) >= 11 is 0. The summed E-state index contributed by atoms with van der Waals surface area (Å²) in [6.07, 6.45) is -0.403. The molecule has 0 aliphatic rings. The standard InChI is InChI=1S/C11H14N2O6/c1-7(15)11(17,6-14)12-5-8-4-9(13(18)19)2-3-10(8)16/h2-5,7,14-17H,6H2,1H3. The molecule has 0 bridgehead atoms. The lowest BCUT2D eigenvalue weighted by atomic mass is 10.1. The van der Waals surface area contributed by atoms with E-state index in [0.29, 0.717) is 0 Å². The van der Waals surface area contributed by atoms with Crippen molar-refractivity contribution in [1.82, 2.24) is 0 Å². The molecule has 0 fully saturated rings. The molecule has 0 saturated carbocycles. The van der Waals surface area contributed by atoms with Crippen LogP contribution in [0.15, 0.2) is 23.2 Å². The molecule has 2 unspecified atom stereocenters. The second-order valence-electron chi connectivity index (χ2n) is 3.97. The van der Waals surface area contributed by atoms with Gasteiger partial charge in [0.2, 0.25) is 5.72 Å². The minimum atomic E-state index is -2.13. The number of nitro benzene ring substituents is 1. The number of non-ortho nitro benzene ring substituents is 1. The van der Waals surface area contributed by atoms with Crippen LogP contribution in [0.4, 0.5) is 5.69 Å². The van der Waals surface area contributed by atoms with Crippen LogP contribution in [0.25, 0.3) is 0 Å². The molecule has 0 aliphatic heterocycles. The average Bonchev–Trinajstić information content (AvgIpc) is 2.36. The summed E-state index contributed by atoms with van der Waals surface area (Å²) in [5.41, 5.74) is -2.40. The topological polar surface area (TPSA) is 136 Å². The van der Waals surface area contributed by atoms with Gasteiger partial charge in [0.15, 0.2) is 0 Å². The summed E-state index contributed by atoms with van der Waals surface area (Å²) in [6, 6.07) is 3.28. The fourth-order valence-electron chi connectivity index (χ4n) is 1.22. The van der Waals surface area contributed by atoms with E-state index in [0.717, 1.165) is 24.4 Å². The normalized spacial score (nSPS) is 16.2. The molecule has 0 heterocycles. The van der Waals surface area contributed by atoms with Gasteiger partial charge in [0.05, 0.1) is 11.5 Å². The number of hydrogen-bond acceptors (Lipinski definition) is 7. The van der Waals surface area contributed by atoms with E-state index in [1.807, 2.05) is 0 Å². The first-order valence-corrected chi connectivity index (χ1v) is 5.34. The lowest BCUT2D eigenvalue weighted by Gasteiger charge is -2.23. The highest BCUT2D eigenvalue weighted by atomic mass is 16.6. The number of nitro groups is 1. The van der Waals surface area contributed by atoms with Gasteiger partial charge in [-0.15, -0.1) is 0 Å². The van der Waals surface area contributed by atoms with E-state index in [4.69, 9.17) is 5.11 Å². The van der Waals surface area contributed by atoms with Gasteiger partial charge in [-0.1, -0.05) is 0 Å². The predicted octanol–water partition coefficient (Wildman–Crippen LogP) is -0.219. The van der Waals surface area contributed by atoms with E-state index in [-0.39, 0.29) is 17.0 Å². The molecule has 1 aromatic carbocycles. The molecule has 0 saturated heterocycles. The minimum absolute atomic E-state index is 0.0123. The van der Waals surface area contributed by atoms with E-state index >= 15 is 0 Å². The van der Waals surface area contributed by atoms with Crippen molar-refractivity contribution in [1.29, 1.82) is 0 Å². The van der Waals surface area contributed by atoms with Crippen LogP contribution in [0.3, 0.4) is 0 Å². The molecule has 104 valence electrons. The molecule has 2 atom stereocenters. The van der Waals surface area contributed by atoms with Crippen molar-refractivity contribution in [3.8, 4) is 5.75 Å². The van der Waals surface area contributed by atoms with Crippen molar-refractivity contribution in [2.45, 2.75) is 18.8 Å². The summed E-state index contributed by atoms with van der Waals surface area (Å²) in [6.45, 7) is 0.387. The van der Waals surface area contributed by atoms with Crippen molar-refractivity contribution in [2.24, 2.45) is 4.99 Å². The van der Waals surface area contributed by atoms with E-state index in [1.165, 1.54) is 6.92 Å². The molecule has 0 spiro atoms. The zero-order valence-electron chi connectivity index (χ0n) is 10.1. The lowest BCUT2D eigenvalue weighted by molar-refractivity contribution is -0.384. The Hall–Kier alpha value is -2.03. The third-order valence-electron chi connectivity index (χ3n) is 2.55. The smallest absolute Gasteiger partial charge is 0.270 e. The first-order valence-electron chi connectivity index (χ1n) is 5.34. The lowest BCUT2D eigenvalue weighted by Crippen LogP contribution is -2.42. The summed E-state index contributed by atoms with van der Waals surface area (Å²) in [4.78, 5) is 13.5. The van der Waals surface area contributed by atoms with Crippen LogP contribution in [0, 0.1) is 10.1 Å². The number of nitrogens with zero attached hydrogens (tertiary/aromatic N) is 2. The van der Waals surface area contributed by atoms with Gasteiger partial charge in [-0.05, 0) is 13.0 Å². The molecule has 0 amide bonds. The number of aromatic hydroxyl groups is 1. The average molecular weight is 270 g/mol. The maximum Gasteiger partial charge on any atom is 0.270 e. The molecule has 19 heavy (non-hydrogen) atoms. The van der Waals surface area contributed by atoms with E-state index in [9.17, 15) is 25.4 Å². The van der Waals surface area contributed by atoms with Crippen molar-refractivity contribution < 1.29 is 25.3 Å². The quantitative estimate of drug-likeness (QED) is 0.332. The van der Waals surface area contributed by atoms with Crippen molar-refractivity contribution in [3.63, 3.8) is 0 Å². The number of phenols is 1. The molecule has 0 aliphatic carbocycles. The second kappa shape index (κ2) is 5.74. The van der Waals surface area contributed by atoms with Gasteiger partial charge < -0.3 is 20.4 Å². The van der Waals surface area contributed by atoms with Crippen LogP contribution in [-0.2, 0) is 0 Å².